The molecule has 2 aromatic heterocycles. The maximum atomic E-state index is 12.9. The molecule has 39 heteroatoms. The number of amides is 6. The van der Waals surface area contributed by atoms with Gasteiger partial charge in [-0.15, -0.1) is 0 Å². The molecule has 4 aromatic carbocycles. The summed E-state index contributed by atoms with van der Waals surface area (Å²) < 4.78 is 80.0. The molecule has 129 heavy (non-hydrogen) atoms. The Hall–Kier alpha value is -12.1. The first-order chi connectivity index (χ1) is 60.8. The van der Waals surface area contributed by atoms with Gasteiger partial charge in [0.1, 0.15) is 35.8 Å². The number of carbonyl (C=O) groups excluding carboxylic acids is 13. The number of piperidine rings is 2. The zero-order chi connectivity index (χ0) is 92.5. The summed E-state index contributed by atoms with van der Waals surface area (Å²) in [6.45, 7) is 12.2. The number of likely N-dealkylation sites (tertiary alicyclic amines) is 2. The summed E-state index contributed by atoms with van der Waals surface area (Å²) in [6, 6.07) is 36.5. The number of ether oxygens (including phenoxy) is 8. The monoisotopic (exact) mass is 1800 g/mol. The molecule has 6 amide bonds. The van der Waals surface area contributed by atoms with Crippen LogP contribution in [0.25, 0.3) is 12.2 Å². The van der Waals surface area contributed by atoms with Crippen molar-refractivity contribution in [3.63, 3.8) is 0 Å². The zero-order valence-corrected chi connectivity index (χ0v) is 72.5. The minimum Gasteiger partial charge on any atom is -0.870 e. The Kier molecular flexibility index (Phi) is 46.3. The van der Waals surface area contributed by atoms with Crippen LogP contribution in [-0.2, 0) is 94.3 Å². The number of hydrogen-bond acceptors (Lipinski definition) is 27. The number of alkyl halides is 3. The van der Waals surface area contributed by atoms with Crippen LogP contribution in [0.2, 0.25) is 0 Å². The summed E-state index contributed by atoms with van der Waals surface area (Å²) in [4.78, 5) is 152. The van der Waals surface area contributed by atoms with E-state index < -0.39 is 91.7 Å². The molecular weight excluding hydrogens is 1690 g/mol. The number of benzene rings is 4. The van der Waals surface area contributed by atoms with E-state index in [9.17, 15) is 76.4 Å². The number of rotatable bonds is 35. The second-order valence-electron chi connectivity index (χ2n) is 30.2. The van der Waals surface area contributed by atoms with E-state index >= 15 is 0 Å². The van der Waals surface area contributed by atoms with Crippen molar-refractivity contribution in [2.24, 2.45) is 17.6 Å². The van der Waals surface area contributed by atoms with Crippen molar-refractivity contribution < 1.29 is 167 Å². The van der Waals surface area contributed by atoms with E-state index in [4.69, 9.17) is 58.4 Å². The molecule has 10 rings (SSSR count). The minimum absolute atomic E-state index is 0. The van der Waals surface area contributed by atoms with Gasteiger partial charge in [-0.3, -0.25) is 52.7 Å². The molecule has 0 aliphatic carbocycles. The number of hydrogen-bond donors (Lipinski definition) is 8. The third-order valence-electron chi connectivity index (χ3n) is 20.4. The van der Waals surface area contributed by atoms with Crippen LogP contribution in [0.15, 0.2) is 158 Å². The largest absolute Gasteiger partial charge is 1.00 e. The number of esters is 3. The number of anilines is 2. The summed E-state index contributed by atoms with van der Waals surface area (Å²) in [6.07, 6.45) is 5.72. The fourth-order valence-electron chi connectivity index (χ4n) is 14.2. The van der Waals surface area contributed by atoms with Crippen LogP contribution in [0.3, 0.4) is 0 Å². The number of carboxylic acid groups (broad SMARTS) is 1. The van der Waals surface area contributed by atoms with Crippen LogP contribution >= 0.6 is 0 Å². The summed E-state index contributed by atoms with van der Waals surface area (Å²) >= 11 is 0. The predicted molar refractivity (Wildman–Crippen MR) is 446 cm³/mol. The fourth-order valence-corrected chi connectivity index (χ4v) is 14.2. The Labute approximate surface area is 755 Å². The van der Waals surface area contributed by atoms with Gasteiger partial charge < -0.3 is 101 Å². The fraction of sp³-hybridized carbons (Fsp3) is 0.444. The summed E-state index contributed by atoms with van der Waals surface area (Å²) in [5, 5.41) is 51.1. The Morgan fingerprint density at radius 2 is 0.984 bits per heavy atom. The first kappa shape index (κ1) is 107. The van der Waals surface area contributed by atoms with E-state index in [1.165, 1.54) is 32.9 Å². The summed E-state index contributed by atoms with van der Waals surface area (Å²) in [5.41, 5.74) is 10.8. The molecule has 0 radical (unpaired) electrons. The molecule has 10 atom stereocenters. The van der Waals surface area contributed by atoms with Gasteiger partial charge in [-0.25, -0.2) is 9.13 Å². The van der Waals surface area contributed by atoms with Gasteiger partial charge in [0.15, 0.2) is 50.1 Å². The average Bonchev–Trinajstić information content (AvgIpc) is 0.780. The van der Waals surface area contributed by atoms with E-state index in [-0.39, 0.29) is 109 Å². The quantitative estimate of drug-likeness (QED) is 0.00539. The average molecular weight is 1800 g/mol. The number of nitrogens with one attached hydrogen (secondary N) is 4. The molecule has 692 valence electrons. The molecule has 4 saturated heterocycles. The molecule has 0 spiro atoms. The number of halogens is 3. The standard InChI is InChI=1S/C47H58N4O11.C40H49N5O10.C2HF3O2.CO2.Li.H2O/c1-6-13-42(56)49-39-28-37(18-20-40(39)62-47-45(61-34(5)54)44(60-33(4)53)43(31(2)58-47)59-32(3)52)30-50-25-12-15-36(29-50)19-21-41(55)48-24-11-10-14-35-22-26-51(27-23-35)46(57)38-16-8-7-9-17-38;41-18-15-34(48)43-31-23-29(11-13-32(31)54-40-37(51)35(49)36(50)39(55-40)53-26-46)25-44-20-6-8-28(24-44)12-14-33(47)42-19-5-4-7-27-16-21-45(22-17-27)38(52)30-9-2-1-3-10-30;3-2(4,5)1(6)7;2-1-3;;/h7-9,12,15-21,25,28-29,31,35,43-45,47H,6,10-11,13-14,22-24,26-27,30H2,1-5H3,(H-,48,49,55,56);1-3,6,8-14,20,23-24,26-27,35-37,39-40,49-51H,4-5,7,15-19,21-22,25,41H2,(H-,42,43,47,48);(H,6,7);;;1H2/q;;;;+1;/b21-19+;14-12+;;;;/t31-,43-,44+,45-,47+;35-,36-,37+,39-,40+;;;;/m10..../s1. The number of carbonyl (C=O) groups is 11. The van der Waals surface area contributed by atoms with Gasteiger partial charge in [0.25, 0.3) is 18.3 Å². The first-order valence-electron chi connectivity index (χ1n) is 41.5. The van der Waals surface area contributed by atoms with Crippen LogP contribution in [0.4, 0.5) is 24.5 Å². The number of unbranched alkanes of at least 4 members (excludes halogenated alkanes) is 2. The summed E-state index contributed by atoms with van der Waals surface area (Å²) in [5.74, 6) is -4.41. The van der Waals surface area contributed by atoms with Crippen molar-refractivity contribution >= 4 is 95.5 Å². The van der Waals surface area contributed by atoms with Crippen LogP contribution in [0.1, 0.15) is 161 Å². The van der Waals surface area contributed by atoms with Gasteiger partial charge in [-0.1, -0.05) is 69.0 Å². The van der Waals surface area contributed by atoms with Crippen LogP contribution in [0.5, 0.6) is 11.5 Å². The molecule has 6 heterocycles. The summed E-state index contributed by atoms with van der Waals surface area (Å²) in [7, 11) is 0. The van der Waals surface area contributed by atoms with Crippen molar-refractivity contribution in [1.82, 2.24) is 20.4 Å². The smallest absolute Gasteiger partial charge is 0.870 e. The van der Waals surface area contributed by atoms with E-state index in [0.717, 1.165) is 124 Å². The van der Waals surface area contributed by atoms with E-state index in [2.05, 4.69) is 26.0 Å². The van der Waals surface area contributed by atoms with Crippen molar-refractivity contribution in [1.29, 1.82) is 0 Å². The Morgan fingerprint density at radius 3 is 1.40 bits per heavy atom. The van der Waals surface area contributed by atoms with Gasteiger partial charge in [-0.2, -0.15) is 22.8 Å². The molecule has 4 fully saturated rings. The van der Waals surface area contributed by atoms with Crippen molar-refractivity contribution in [3.05, 3.63) is 192 Å². The zero-order valence-electron chi connectivity index (χ0n) is 72.5. The van der Waals surface area contributed by atoms with Crippen molar-refractivity contribution in [3.8, 4) is 11.5 Å². The number of nitrogens with two attached hydrogens (primary N) is 1. The molecule has 35 nitrogen and oxygen atoms in total. The SMILES string of the molecule is CCCC(=O)Nc1cc(C[n+]2cccc(/C=C/C(=O)NCCCCC3CCN(C(=O)c4ccccc4)CC3)c2)ccc1O[C@@H]1O[C@H](C)[C@@H](OC(C)=O)[C@H](OC(C)=O)[C@H]1OC(C)=O.NCCC(=O)Nc1cc(C[n+]2cccc(/C=C/C(=O)NCCCCC3CCN(C(=O)c4ccccc4)CC3)c2)ccc1O[C@@H]1O[C@H](OC=O)[C@@H](O)[C@H](O)[C@H]1O.O=C([O-])C(F)(F)F.O=C=O.[Li+].[OH-]. The molecule has 4 aliphatic rings. The van der Waals surface area contributed by atoms with Crippen LogP contribution in [-0.4, -0.2) is 216 Å². The number of aromatic nitrogens is 2. The minimum atomic E-state index is -5.19. The topological polar surface area (TPSA) is 498 Å². The van der Waals surface area contributed by atoms with E-state index in [1.807, 2.05) is 142 Å². The normalized spacial score (nSPS) is 19.6. The second-order valence-corrected chi connectivity index (χ2v) is 30.2. The molecule has 0 bridgehead atoms. The van der Waals surface area contributed by atoms with Crippen LogP contribution in [0, 0.1) is 11.8 Å². The number of nitrogens with zero attached hydrogens (tertiary/aromatic N) is 4. The van der Waals surface area contributed by atoms with Crippen LogP contribution < -0.4 is 69.6 Å². The first-order valence-corrected chi connectivity index (χ1v) is 41.5. The third-order valence-corrected chi connectivity index (χ3v) is 20.4. The van der Waals surface area contributed by atoms with Crippen molar-refractivity contribution in [2.45, 2.75) is 199 Å². The van der Waals surface area contributed by atoms with Crippen molar-refractivity contribution in [2.75, 3.05) is 56.4 Å². The Balaban J connectivity index is 0.000000410. The van der Waals surface area contributed by atoms with Gasteiger partial charge >= 0.3 is 49.1 Å². The molecule has 6 aromatic rings. The van der Waals surface area contributed by atoms with Gasteiger partial charge in [0.2, 0.25) is 48.6 Å². The molecule has 4 aliphatic heterocycles. The van der Waals surface area contributed by atoms with E-state index in [0.29, 0.717) is 50.1 Å². The number of aliphatic hydroxyl groups is 3. The molecule has 0 unspecified atom stereocenters. The van der Waals surface area contributed by atoms with Gasteiger partial charge in [-0.05, 0) is 149 Å². The Morgan fingerprint density at radius 1 is 0.574 bits per heavy atom. The molecular formula is C90H110F3LiN9O26+. The number of aliphatic carboxylic acids is 1. The second kappa shape index (κ2) is 55.6. The Bertz CT molecular complexity index is 4730. The number of carboxylic acids is 1. The molecule has 0 saturated carbocycles. The number of aliphatic hydroxyl groups excluding tert-OH is 3. The van der Waals surface area contributed by atoms with Gasteiger partial charge in [0, 0.05) is 137 Å². The molecule has 10 N–H and O–H groups in total. The maximum absolute atomic E-state index is 12.9. The maximum Gasteiger partial charge on any atom is 1.00 e. The van der Waals surface area contributed by atoms with Gasteiger partial charge in [0.05, 0.1) is 17.5 Å². The third kappa shape index (κ3) is 36.5. The van der Waals surface area contributed by atoms with E-state index in [1.54, 1.807) is 49.4 Å². The number of pyridine rings is 2. The predicted octanol–water partition coefficient (Wildman–Crippen LogP) is 2.55.